The van der Waals surface area contributed by atoms with Crippen molar-refractivity contribution in [1.82, 2.24) is 10.3 Å². The molecule has 0 radical (unpaired) electrons. The predicted octanol–water partition coefficient (Wildman–Crippen LogP) is 4.46. The third-order valence-corrected chi connectivity index (χ3v) is 4.77. The van der Waals surface area contributed by atoms with Gasteiger partial charge in [-0.1, -0.05) is 18.2 Å². The van der Waals surface area contributed by atoms with Gasteiger partial charge in [-0.2, -0.15) is 0 Å². The number of hydrogen-bond acceptors (Lipinski definition) is 4. The highest BCUT2D eigenvalue weighted by Gasteiger charge is 2.13. The van der Waals surface area contributed by atoms with Crippen LogP contribution in [0.4, 0.5) is 8.78 Å². The number of hydrogen-bond donors (Lipinski definition) is 1. The van der Waals surface area contributed by atoms with E-state index in [1.165, 1.54) is 12.3 Å². The predicted molar refractivity (Wildman–Crippen MR) is 100 cm³/mol. The Balaban J connectivity index is 1.42. The van der Waals surface area contributed by atoms with Crippen molar-refractivity contribution in [1.29, 1.82) is 0 Å². The molecule has 1 amide bonds. The number of amides is 1. The number of halogens is 2. The molecule has 0 bridgehead atoms. The SMILES string of the molecule is O=C(CCc1ncc(-c2ccc(F)cc2F)o1)NCCSc1ccccc1. The summed E-state index contributed by atoms with van der Waals surface area (Å²) in [6, 6.07) is 13.2. The number of carbonyl (C=O) groups excluding carboxylic acids is 1. The summed E-state index contributed by atoms with van der Waals surface area (Å²) in [5, 5.41) is 2.85. The van der Waals surface area contributed by atoms with E-state index in [1.807, 2.05) is 30.3 Å². The van der Waals surface area contributed by atoms with Crippen LogP contribution < -0.4 is 5.32 Å². The fraction of sp³-hybridized carbons (Fsp3) is 0.200. The van der Waals surface area contributed by atoms with Gasteiger partial charge in [0.15, 0.2) is 11.7 Å². The van der Waals surface area contributed by atoms with Crippen molar-refractivity contribution < 1.29 is 18.0 Å². The molecule has 0 aliphatic carbocycles. The van der Waals surface area contributed by atoms with Crippen LogP contribution in [0.25, 0.3) is 11.3 Å². The first-order valence-corrected chi connectivity index (χ1v) is 9.45. The lowest BCUT2D eigenvalue weighted by molar-refractivity contribution is -0.121. The average molecular weight is 388 g/mol. The summed E-state index contributed by atoms with van der Waals surface area (Å²) in [5.74, 6) is -0.145. The van der Waals surface area contributed by atoms with Gasteiger partial charge in [0, 0.05) is 36.1 Å². The molecule has 0 saturated carbocycles. The second kappa shape index (κ2) is 9.32. The summed E-state index contributed by atoms with van der Waals surface area (Å²) in [7, 11) is 0. The fourth-order valence-electron chi connectivity index (χ4n) is 2.42. The lowest BCUT2D eigenvalue weighted by Crippen LogP contribution is -2.25. The van der Waals surface area contributed by atoms with Crippen LogP contribution in [0.5, 0.6) is 0 Å². The third kappa shape index (κ3) is 5.65. The highest BCUT2D eigenvalue weighted by Crippen LogP contribution is 2.24. The molecule has 0 fully saturated rings. The normalized spacial score (nSPS) is 10.7. The molecule has 0 atom stereocenters. The Labute approximate surface area is 160 Å². The molecule has 0 spiro atoms. The molecule has 0 saturated heterocycles. The van der Waals surface area contributed by atoms with Crippen LogP contribution in [0.3, 0.4) is 0 Å². The molecule has 0 aliphatic heterocycles. The quantitative estimate of drug-likeness (QED) is 0.457. The fourth-order valence-corrected chi connectivity index (χ4v) is 3.21. The highest BCUT2D eigenvalue weighted by atomic mass is 32.2. The van der Waals surface area contributed by atoms with Crippen molar-refractivity contribution in [3.8, 4) is 11.3 Å². The Kier molecular flexibility index (Phi) is 6.59. The zero-order valence-electron chi connectivity index (χ0n) is 14.5. The number of nitrogens with zero attached hydrogens (tertiary/aromatic N) is 1. The standard InChI is InChI=1S/C20H18F2N2O2S/c21-14-6-7-16(17(22)12-14)18-13-24-20(26-18)9-8-19(25)23-10-11-27-15-4-2-1-3-5-15/h1-7,12-13H,8-11H2,(H,23,25). The minimum Gasteiger partial charge on any atom is -0.441 e. The maximum atomic E-state index is 13.8. The molecule has 1 heterocycles. The Hall–Kier alpha value is -2.67. The van der Waals surface area contributed by atoms with E-state index >= 15 is 0 Å². The summed E-state index contributed by atoms with van der Waals surface area (Å²) in [4.78, 5) is 17.1. The number of benzene rings is 2. The number of aryl methyl sites for hydroxylation is 1. The summed E-state index contributed by atoms with van der Waals surface area (Å²) in [6.45, 7) is 0.565. The van der Waals surface area contributed by atoms with Crippen LogP contribution in [0.15, 0.2) is 64.0 Å². The first kappa shape index (κ1) is 19.1. The zero-order chi connectivity index (χ0) is 19.1. The number of aromatic nitrogens is 1. The van der Waals surface area contributed by atoms with Crippen LogP contribution in [0, 0.1) is 11.6 Å². The van der Waals surface area contributed by atoms with Gasteiger partial charge in [-0.05, 0) is 24.3 Å². The van der Waals surface area contributed by atoms with Gasteiger partial charge in [0.1, 0.15) is 11.6 Å². The van der Waals surface area contributed by atoms with Crippen molar-refractivity contribution in [3.05, 3.63) is 72.3 Å². The topological polar surface area (TPSA) is 55.1 Å². The van der Waals surface area contributed by atoms with Crippen LogP contribution in [0.1, 0.15) is 12.3 Å². The summed E-state index contributed by atoms with van der Waals surface area (Å²) in [5.41, 5.74) is 0.137. The molecule has 3 rings (SSSR count). The summed E-state index contributed by atoms with van der Waals surface area (Å²) >= 11 is 1.67. The highest BCUT2D eigenvalue weighted by molar-refractivity contribution is 7.99. The van der Waals surface area contributed by atoms with Gasteiger partial charge < -0.3 is 9.73 Å². The van der Waals surface area contributed by atoms with Crippen molar-refractivity contribution in [2.45, 2.75) is 17.7 Å². The number of nitrogens with one attached hydrogen (secondary N) is 1. The maximum Gasteiger partial charge on any atom is 0.220 e. The molecule has 0 aliphatic rings. The Morgan fingerprint density at radius 1 is 1.15 bits per heavy atom. The third-order valence-electron chi connectivity index (χ3n) is 3.75. The lowest BCUT2D eigenvalue weighted by Gasteiger charge is -2.04. The second-order valence-electron chi connectivity index (χ2n) is 5.75. The first-order valence-electron chi connectivity index (χ1n) is 8.46. The van der Waals surface area contributed by atoms with Crippen molar-refractivity contribution in [2.24, 2.45) is 0 Å². The molecule has 0 unspecified atom stereocenters. The van der Waals surface area contributed by atoms with E-state index < -0.39 is 11.6 Å². The van der Waals surface area contributed by atoms with Gasteiger partial charge >= 0.3 is 0 Å². The van der Waals surface area contributed by atoms with Gasteiger partial charge in [0.2, 0.25) is 5.91 Å². The van der Waals surface area contributed by atoms with E-state index in [0.717, 1.165) is 22.8 Å². The van der Waals surface area contributed by atoms with Crippen LogP contribution in [-0.2, 0) is 11.2 Å². The smallest absolute Gasteiger partial charge is 0.220 e. The van der Waals surface area contributed by atoms with Gasteiger partial charge in [-0.15, -0.1) is 11.8 Å². The second-order valence-corrected chi connectivity index (χ2v) is 6.92. The molecule has 27 heavy (non-hydrogen) atoms. The molecule has 7 heteroatoms. The minimum absolute atomic E-state index is 0.101. The zero-order valence-corrected chi connectivity index (χ0v) is 15.3. The van der Waals surface area contributed by atoms with Gasteiger partial charge in [0.25, 0.3) is 0 Å². The van der Waals surface area contributed by atoms with Gasteiger partial charge in [-0.25, -0.2) is 13.8 Å². The first-order chi connectivity index (χ1) is 13.1. The average Bonchev–Trinajstić information content (AvgIpc) is 3.13. The molecule has 1 N–H and O–H groups in total. The lowest BCUT2D eigenvalue weighted by atomic mass is 10.2. The van der Waals surface area contributed by atoms with Crippen molar-refractivity contribution in [2.75, 3.05) is 12.3 Å². The van der Waals surface area contributed by atoms with E-state index in [0.29, 0.717) is 18.9 Å². The molecule has 3 aromatic rings. The number of carbonyl (C=O) groups is 1. The number of thioether (sulfide) groups is 1. The largest absolute Gasteiger partial charge is 0.441 e. The molecular weight excluding hydrogens is 370 g/mol. The maximum absolute atomic E-state index is 13.8. The molecule has 2 aromatic carbocycles. The van der Waals surface area contributed by atoms with E-state index in [2.05, 4.69) is 10.3 Å². The van der Waals surface area contributed by atoms with E-state index in [1.54, 1.807) is 11.8 Å². The Morgan fingerprint density at radius 2 is 1.96 bits per heavy atom. The molecule has 1 aromatic heterocycles. The Bertz CT molecular complexity index is 900. The summed E-state index contributed by atoms with van der Waals surface area (Å²) < 4.78 is 32.2. The van der Waals surface area contributed by atoms with Crippen molar-refractivity contribution in [3.63, 3.8) is 0 Å². The Morgan fingerprint density at radius 3 is 2.74 bits per heavy atom. The van der Waals surface area contributed by atoms with Gasteiger partial charge in [0.05, 0.1) is 11.8 Å². The van der Waals surface area contributed by atoms with E-state index in [9.17, 15) is 13.6 Å². The monoisotopic (exact) mass is 388 g/mol. The van der Waals surface area contributed by atoms with Crippen molar-refractivity contribution >= 4 is 17.7 Å². The van der Waals surface area contributed by atoms with Crippen LogP contribution in [-0.4, -0.2) is 23.2 Å². The van der Waals surface area contributed by atoms with E-state index in [-0.39, 0.29) is 23.7 Å². The number of rotatable bonds is 8. The summed E-state index contributed by atoms with van der Waals surface area (Å²) in [6.07, 6.45) is 1.91. The van der Waals surface area contributed by atoms with Crippen LogP contribution >= 0.6 is 11.8 Å². The number of oxazole rings is 1. The molecular formula is C20H18F2N2O2S. The van der Waals surface area contributed by atoms with E-state index in [4.69, 9.17) is 4.42 Å². The molecule has 140 valence electrons. The molecule has 4 nitrogen and oxygen atoms in total. The van der Waals surface area contributed by atoms with Crippen LogP contribution in [0.2, 0.25) is 0 Å². The minimum atomic E-state index is -0.716. The van der Waals surface area contributed by atoms with Gasteiger partial charge in [-0.3, -0.25) is 4.79 Å².